The van der Waals surface area contributed by atoms with Crippen molar-refractivity contribution in [1.82, 2.24) is 0 Å². The Balaban J connectivity index is 2.42. The Bertz CT molecular complexity index is 832. The van der Waals surface area contributed by atoms with Gasteiger partial charge in [0.15, 0.2) is 6.04 Å². The highest BCUT2D eigenvalue weighted by Crippen LogP contribution is 2.33. The third-order valence-electron chi connectivity index (χ3n) is 4.66. The summed E-state index contributed by atoms with van der Waals surface area (Å²) in [6.07, 6.45) is 0. The number of hydrogen-bond acceptors (Lipinski definition) is 6. The number of ether oxygens (including phenoxy) is 2. The van der Waals surface area contributed by atoms with Gasteiger partial charge in [-0.3, -0.25) is 5.41 Å². The molecule has 1 unspecified atom stereocenters. The Labute approximate surface area is 172 Å². The maximum atomic E-state index is 12.5. The summed E-state index contributed by atoms with van der Waals surface area (Å²) in [5, 5.41) is 10.7. The number of benzene rings is 2. The van der Waals surface area contributed by atoms with E-state index in [0.717, 1.165) is 35.8 Å². The summed E-state index contributed by atoms with van der Waals surface area (Å²) in [7, 11) is 1.37. The van der Waals surface area contributed by atoms with E-state index in [1.165, 1.54) is 7.11 Å². The lowest BCUT2D eigenvalue weighted by Crippen LogP contribution is -2.25. The standard InChI is InChI=1S/C22H30N4O3/c1-5-26(6-2)18-14-16(10-13-19(18)29-7-3)20(22(27)28-4)25-17-11-8-15(9-12-17)21(23)24/h8-14,20,25H,5-7H2,1-4H3,(H3,23,24). The lowest BCUT2D eigenvalue weighted by atomic mass is 10.0. The second kappa shape index (κ2) is 10.4. The van der Waals surface area contributed by atoms with Crippen LogP contribution < -0.4 is 20.7 Å². The maximum absolute atomic E-state index is 12.5. The zero-order chi connectivity index (χ0) is 21.4. The molecule has 0 heterocycles. The van der Waals surface area contributed by atoms with E-state index in [1.54, 1.807) is 24.3 Å². The van der Waals surface area contributed by atoms with Crippen LogP contribution >= 0.6 is 0 Å². The molecule has 0 radical (unpaired) electrons. The summed E-state index contributed by atoms with van der Waals surface area (Å²) >= 11 is 0. The van der Waals surface area contributed by atoms with Crippen LogP contribution in [0, 0.1) is 5.41 Å². The van der Waals surface area contributed by atoms with E-state index in [2.05, 4.69) is 24.1 Å². The smallest absolute Gasteiger partial charge is 0.332 e. The number of nitrogens with zero attached hydrogens (tertiary/aromatic N) is 1. The monoisotopic (exact) mass is 398 g/mol. The van der Waals surface area contributed by atoms with Crippen molar-refractivity contribution in [3.8, 4) is 5.75 Å². The molecule has 0 aliphatic heterocycles. The van der Waals surface area contributed by atoms with Crippen molar-refractivity contribution in [3.63, 3.8) is 0 Å². The zero-order valence-electron chi connectivity index (χ0n) is 17.5. The van der Waals surface area contributed by atoms with Gasteiger partial charge in [-0.2, -0.15) is 0 Å². The summed E-state index contributed by atoms with van der Waals surface area (Å²) in [6.45, 7) is 8.32. The Morgan fingerprint density at radius 1 is 1.14 bits per heavy atom. The normalized spacial score (nSPS) is 11.4. The lowest BCUT2D eigenvalue weighted by Gasteiger charge is -2.26. The van der Waals surface area contributed by atoms with E-state index in [0.29, 0.717) is 12.2 Å². The molecule has 0 saturated carbocycles. The van der Waals surface area contributed by atoms with Crippen LogP contribution in [-0.4, -0.2) is 38.6 Å². The summed E-state index contributed by atoms with van der Waals surface area (Å²) in [5.41, 5.74) is 8.57. The highest BCUT2D eigenvalue weighted by atomic mass is 16.5. The molecule has 2 aromatic rings. The molecular formula is C22H30N4O3. The first-order valence-corrected chi connectivity index (χ1v) is 9.75. The van der Waals surface area contributed by atoms with Gasteiger partial charge in [0.25, 0.3) is 0 Å². The van der Waals surface area contributed by atoms with Crippen LogP contribution in [0.5, 0.6) is 5.75 Å². The van der Waals surface area contributed by atoms with Crippen LogP contribution in [-0.2, 0) is 9.53 Å². The number of methoxy groups -OCH3 is 1. The third kappa shape index (κ3) is 5.40. The molecule has 2 aromatic carbocycles. The molecule has 0 spiro atoms. The molecule has 0 bridgehead atoms. The number of anilines is 2. The average Bonchev–Trinajstić information content (AvgIpc) is 2.74. The van der Waals surface area contributed by atoms with Crippen molar-refractivity contribution < 1.29 is 14.3 Å². The first kappa shape index (κ1) is 22.1. The molecule has 7 heteroatoms. The van der Waals surface area contributed by atoms with Crippen molar-refractivity contribution in [2.24, 2.45) is 5.73 Å². The van der Waals surface area contributed by atoms with Crippen molar-refractivity contribution in [1.29, 1.82) is 5.41 Å². The minimum atomic E-state index is -0.687. The van der Waals surface area contributed by atoms with Gasteiger partial charge in [-0.15, -0.1) is 0 Å². The van der Waals surface area contributed by atoms with Gasteiger partial charge < -0.3 is 25.4 Å². The summed E-state index contributed by atoms with van der Waals surface area (Å²) < 4.78 is 10.8. The molecule has 7 nitrogen and oxygen atoms in total. The molecule has 1 atom stereocenters. The summed E-state index contributed by atoms with van der Waals surface area (Å²) in [5.74, 6) is 0.390. The second-order valence-corrected chi connectivity index (χ2v) is 6.42. The van der Waals surface area contributed by atoms with Crippen molar-refractivity contribution in [2.45, 2.75) is 26.8 Å². The van der Waals surface area contributed by atoms with Gasteiger partial charge in [-0.1, -0.05) is 6.07 Å². The van der Waals surface area contributed by atoms with Crippen molar-refractivity contribution in [3.05, 3.63) is 53.6 Å². The van der Waals surface area contributed by atoms with Gasteiger partial charge in [0.05, 0.1) is 19.4 Å². The molecule has 156 valence electrons. The number of amidine groups is 1. The topological polar surface area (TPSA) is 101 Å². The van der Waals surface area contributed by atoms with E-state index >= 15 is 0 Å². The van der Waals surface area contributed by atoms with Crippen LogP contribution in [0.3, 0.4) is 0 Å². The van der Waals surface area contributed by atoms with Gasteiger partial charge in [0.2, 0.25) is 0 Å². The van der Waals surface area contributed by atoms with Gasteiger partial charge in [0.1, 0.15) is 11.6 Å². The Morgan fingerprint density at radius 2 is 1.79 bits per heavy atom. The number of hydrogen-bond donors (Lipinski definition) is 3. The fraction of sp³-hybridized carbons (Fsp3) is 0.364. The number of nitrogens with two attached hydrogens (primary N) is 1. The van der Waals surface area contributed by atoms with Crippen molar-refractivity contribution >= 4 is 23.2 Å². The van der Waals surface area contributed by atoms with E-state index in [1.807, 2.05) is 25.1 Å². The number of esters is 1. The maximum Gasteiger partial charge on any atom is 0.332 e. The molecule has 29 heavy (non-hydrogen) atoms. The van der Waals surface area contributed by atoms with Gasteiger partial charge >= 0.3 is 5.97 Å². The Kier molecular flexibility index (Phi) is 7.88. The Hall–Kier alpha value is -3.22. The van der Waals surface area contributed by atoms with Gasteiger partial charge in [0, 0.05) is 24.3 Å². The largest absolute Gasteiger partial charge is 0.492 e. The summed E-state index contributed by atoms with van der Waals surface area (Å²) in [4.78, 5) is 14.7. The average molecular weight is 399 g/mol. The molecule has 0 aliphatic rings. The first-order chi connectivity index (χ1) is 13.9. The van der Waals surface area contributed by atoms with Crippen molar-refractivity contribution in [2.75, 3.05) is 37.0 Å². The molecular weight excluding hydrogens is 368 g/mol. The van der Waals surface area contributed by atoms with Crippen LogP contribution in [0.15, 0.2) is 42.5 Å². The van der Waals surface area contributed by atoms with Crippen LogP contribution in [0.1, 0.15) is 37.9 Å². The molecule has 0 aromatic heterocycles. The van der Waals surface area contributed by atoms with E-state index in [9.17, 15) is 4.79 Å². The number of rotatable bonds is 10. The molecule has 2 rings (SSSR count). The van der Waals surface area contributed by atoms with Crippen LogP contribution in [0.25, 0.3) is 0 Å². The summed E-state index contributed by atoms with van der Waals surface area (Å²) in [6, 6.07) is 12.1. The predicted molar refractivity (Wildman–Crippen MR) is 117 cm³/mol. The SMILES string of the molecule is CCOc1ccc(C(Nc2ccc(C(=N)N)cc2)C(=O)OC)cc1N(CC)CC. The van der Waals surface area contributed by atoms with E-state index in [4.69, 9.17) is 20.6 Å². The molecule has 0 saturated heterocycles. The van der Waals surface area contributed by atoms with Crippen LogP contribution in [0.2, 0.25) is 0 Å². The van der Waals surface area contributed by atoms with E-state index in [-0.39, 0.29) is 5.84 Å². The minimum absolute atomic E-state index is 0.00329. The predicted octanol–water partition coefficient (Wildman–Crippen LogP) is 3.54. The van der Waals surface area contributed by atoms with Gasteiger partial charge in [-0.25, -0.2) is 4.79 Å². The number of carbonyl (C=O) groups is 1. The molecule has 0 amide bonds. The third-order valence-corrected chi connectivity index (χ3v) is 4.66. The minimum Gasteiger partial charge on any atom is -0.492 e. The fourth-order valence-corrected chi connectivity index (χ4v) is 3.11. The van der Waals surface area contributed by atoms with E-state index < -0.39 is 12.0 Å². The molecule has 4 N–H and O–H groups in total. The number of carbonyl (C=O) groups excluding carboxylic acids is 1. The highest BCUT2D eigenvalue weighted by molar-refractivity contribution is 5.95. The Morgan fingerprint density at radius 3 is 2.31 bits per heavy atom. The number of nitrogen functional groups attached to an aromatic ring is 1. The van der Waals surface area contributed by atoms with Gasteiger partial charge in [-0.05, 0) is 62.7 Å². The fourth-order valence-electron chi connectivity index (χ4n) is 3.11. The molecule has 0 fully saturated rings. The highest BCUT2D eigenvalue weighted by Gasteiger charge is 2.23. The lowest BCUT2D eigenvalue weighted by molar-refractivity contribution is -0.141. The zero-order valence-corrected chi connectivity index (χ0v) is 17.5. The number of nitrogens with one attached hydrogen (secondary N) is 2. The van der Waals surface area contributed by atoms with Crippen LogP contribution in [0.4, 0.5) is 11.4 Å². The first-order valence-electron chi connectivity index (χ1n) is 9.75. The molecule has 0 aliphatic carbocycles. The quantitative estimate of drug-likeness (QED) is 0.321. The second-order valence-electron chi connectivity index (χ2n) is 6.42.